The number of nitro groups is 1. The van der Waals surface area contributed by atoms with Crippen LogP contribution in [0.1, 0.15) is 19.8 Å². The molecule has 7 heteroatoms. The fourth-order valence-electron chi connectivity index (χ4n) is 2.40. The maximum Gasteiger partial charge on any atom is 0.275 e. The topological polar surface area (TPSA) is 58.4 Å². The van der Waals surface area contributed by atoms with Crippen molar-refractivity contribution >= 4 is 11.4 Å². The van der Waals surface area contributed by atoms with E-state index in [1.54, 1.807) is 0 Å². The Labute approximate surface area is 115 Å². The van der Waals surface area contributed by atoms with Crippen molar-refractivity contribution in [1.82, 2.24) is 4.90 Å². The number of nitrogens with one attached hydrogen (secondary N) is 1. The normalized spacial score (nSPS) is 17.1. The summed E-state index contributed by atoms with van der Waals surface area (Å²) in [6, 6.07) is 1.47. The average molecular weight is 285 g/mol. The number of piperidine rings is 1. The smallest absolute Gasteiger partial charge is 0.275 e. The molecule has 0 aromatic heterocycles. The van der Waals surface area contributed by atoms with Gasteiger partial charge in [0.15, 0.2) is 11.6 Å². The first-order valence-electron chi connectivity index (χ1n) is 6.63. The maximum absolute atomic E-state index is 13.8. The van der Waals surface area contributed by atoms with E-state index in [2.05, 4.69) is 17.1 Å². The number of benzene rings is 1. The van der Waals surface area contributed by atoms with E-state index in [1.807, 2.05) is 0 Å². The minimum atomic E-state index is -0.922. The van der Waals surface area contributed by atoms with Crippen molar-refractivity contribution in [3.63, 3.8) is 0 Å². The van der Waals surface area contributed by atoms with Crippen molar-refractivity contribution in [2.24, 2.45) is 0 Å². The van der Waals surface area contributed by atoms with Crippen LogP contribution in [0.3, 0.4) is 0 Å². The molecule has 110 valence electrons. The monoisotopic (exact) mass is 285 g/mol. The lowest BCUT2D eigenvalue weighted by Crippen LogP contribution is -2.39. The van der Waals surface area contributed by atoms with Gasteiger partial charge in [-0.1, -0.05) is 6.92 Å². The van der Waals surface area contributed by atoms with Gasteiger partial charge in [-0.3, -0.25) is 10.1 Å². The molecule has 20 heavy (non-hydrogen) atoms. The fraction of sp³-hybridized carbons (Fsp3) is 0.538. The van der Waals surface area contributed by atoms with Crippen LogP contribution in [0.25, 0.3) is 0 Å². The van der Waals surface area contributed by atoms with Gasteiger partial charge in [-0.05, 0) is 19.4 Å². The molecule has 0 radical (unpaired) electrons. The van der Waals surface area contributed by atoms with E-state index in [0.29, 0.717) is 0 Å². The van der Waals surface area contributed by atoms with Crippen LogP contribution < -0.4 is 5.32 Å². The Bertz CT molecular complexity index is 479. The molecule has 0 bridgehead atoms. The summed E-state index contributed by atoms with van der Waals surface area (Å²) in [6.45, 7) is 4.80. The number of hydrogen-bond donors (Lipinski definition) is 1. The van der Waals surface area contributed by atoms with Gasteiger partial charge >= 0.3 is 0 Å². The third kappa shape index (κ3) is 3.22. The van der Waals surface area contributed by atoms with E-state index in [4.69, 9.17) is 0 Å². The molecule has 1 aromatic carbocycles. The Balaban J connectivity index is 2.08. The van der Waals surface area contributed by atoms with E-state index in [-0.39, 0.29) is 11.7 Å². The van der Waals surface area contributed by atoms with Crippen molar-refractivity contribution in [3.8, 4) is 0 Å². The summed E-state index contributed by atoms with van der Waals surface area (Å²) in [5, 5.41) is 13.4. The lowest BCUT2D eigenvalue weighted by atomic mass is 10.0. The molecule has 1 aliphatic heterocycles. The standard InChI is InChI=1S/C13H17F2N3O2/c1-2-17-5-3-9(4-6-17)16-13-11(14)7-10(18(19)20)8-12(13)15/h7-9,16H,2-6H2,1H3. The highest BCUT2D eigenvalue weighted by molar-refractivity contribution is 5.52. The van der Waals surface area contributed by atoms with Crippen LogP contribution in [0.2, 0.25) is 0 Å². The largest absolute Gasteiger partial charge is 0.377 e. The summed E-state index contributed by atoms with van der Waals surface area (Å²) in [7, 11) is 0. The molecule has 1 N–H and O–H groups in total. The number of nitrogens with zero attached hydrogens (tertiary/aromatic N) is 2. The lowest BCUT2D eigenvalue weighted by molar-refractivity contribution is -0.385. The maximum atomic E-state index is 13.8. The fourth-order valence-corrected chi connectivity index (χ4v) is 2.40. The Morgan fingerprint density at radius 1 is 1.35 bits per heavy atom. The molecular weight excluding hydrogens is 268 g/mol. The van der Waals surface area contributed by atoms with E-state index in [0.717, 1.165) is 44.6 Å². The number of rotatable bonds is 4. The number of nitro benzene ring substituents is 1. The second kappa shape index (κ2) is 6.13. The van der Waals surface area contributed by atoms with Crippen molar-refractivity contribution in [1.29, 1.82) is 0 Å². The summed E-state index contributed by atoms with van der Waals surface area (Å²) in [5.41, 5.74) is -0.850. The summed E-state index contributed by atoms with van der Waals surface area (Å²) >= 11 is 0. The molecular formula is C13H17F2N3O2. The van der Waals surface area contributed by atoms with Gasteiger partial charge in [0, 0.05) is 19.1 Å². The molecule has 0 aliphatic carbocycles. The molecule has 1 saturated heterocycles. The van der Waals surface area contributed by atoms with Crippen LogP contribution in [0.15, 0.2) is 12.1 Å². The average Bonchev–Trinajstić information content (AvgIpc) is 2.43. The zero-order valence-corrected chi connectivity index (χ0v) is 11.2. The number of halogens is 2. The SMILES string of the molecule is CCN1CCC(Nc2c(F)cc([N+](=O)[O-])cc2F)CC1. The number of likely N-dealkylation sites (tertiary alicyclic amines) is 1. The van der Waals surface area contributed by atoms with Crippen LogP contribution in [0, 0.1) is 21.7 Å². The van der Waals surface area contributed by atoms with Crippen molar-refractivity contribution in [2.45, 2.75) is 25.8 Å². The minimum absolute atomic E-state index is 0.0109. The molecule has 5 nitrogen and oxygen atoms in total. The van der Waals surface area contributed by atoms with Crippen molar-refractivity contribution in [3.05, 3.63) is 33.9 Å². The number of anilines is 1. The summed E-state index contributed by atoms with van der Waals surface area (Å²) in [6.07, 6.45) is 1.59. The van der Waals surface area contributed by atoms with Gasteiger partial charge in [-0.25, -0.2) is 8.78 Å². The summed E-state index contributed by atoms with van der Waals surface area (Å²) < 4.78 is 27.5. The minimum Gasteiger partial charge on any atom is -0.377 e. The Kier molecular flexibility index (Phi) is 4.49. The summed E-state index contributed by atoms with van der Waals surface area (Å²) in [4.78, 5) is 12.0. The second-order valence-corrected chi connectivity index (χ2v) is 4.89. The molecule has 0 saturated carbocycles. The predicted molar refractivity (Wildman–Crippen MR) is 71.8 cm³/mol. The molecule has 0 spiro atoms. The van der Waals surface area contributed by atoms with Gasteiger partial charge < -0.3 is 10.2 Å². The Morgan fingerprint density at radius 3 is 2.35 bits per heavy atom. The third-order valence-corrected chi connectivity index (χ3v) is 3.62. The highest BCUT2D eigenvalue weighted by Crippen LogP contribution is 2.27. The van der Waals surface area contributed by atoms with Crippen LogP contribution in [0.5, 0.6) is 0 Å². The molecule has 0 amide bonds. The first-order valence-corrected chi connectivity index (χ1v) is 6.63. The highest BCUT2D eigenvalue weighted by atomic mass is 19.1. The molecule has 1 aromatic rings. The Hall–Kier alpha value is -1.76. The highest BCUT2D eigenvalue weighted by Gasteiger charge is 2.22. The van der Waals surface area contributed by atoms with E-state index in [1.165, 1.54) is 0 Å². The first-order chi connectivity index (χ1) is 9.51. The zero-order chi connectivity index (χ0) is 14.7. The summed E-state index contributed by atoms with van der Waals surface area (Å²) in [5.74, 6) is -1.84. The Morgan fingerprint density at radius 2 is 1.90 bits per heavy atom. The van der Waals surface area contributed by atoms with Gasteiger partial charge in [-0.15, -0.1) is 0 Å². The van der Waals surface area contributed by atoms with Gasteiger partial charge in [0.1, 0.15) is 5.69 Å². The number of non-ortho nitro benzene ring substituents is 1. The van der Waals surface area contributed by atoms with Gasteiger partial charge in [-0.2, -0.15) is 0 Å². The molecule has 0 unspecified atom stereocenters. The second-order valence-electron chi connectivity index (χ2n) is 4.89. The van der Waals surface area contributed by atoms with Crippen LogP contribution >= 0.6 is 0 Å². The van der Waals surface area contributed by atoms with E-state index in [9.17, 15) is 18.9 Å². The van der Waals surface area contributed by atoms with Gasteiger partial charge in [0.05, 0.1) is 17.1 Å². The zero-order valence-electron chi connectivity index (χ0n) is 11.2. The lowest BCUT2D eigenvalue weighted by Gasteiger charge is -2.32. The molecule has 1 aliphatic rings. The van der Waals surface area contributed by atoms with Crippen LogP contribution in [-0.4, -0.2) is 35.5 Å². The van der Waals surface area contributed by atoms with E-state index >= 15 is 0 Å². The van der Waals surface area contributed by atoms with E-state index < -0.39 is 22.2 Å². The quantitative estimate of drug-likeness (QED) is 0.682. The number of hydrogen-bond acceptors (Lipinski definition) is 4. The molecule has 0 atom stereocenters. The third-order valence-electron chi connectivity index (χ3n) is 3.62. The van der Waals surface area contributed by atoms with Crippen LogP contribution in [0.4, 0.5) is 20.2 Å². The predicted octanol–water partition coefficient (Wildman–Crippen LogP) is 2.77. The van der Waals surface area contributed by atoms with Crippen LogP contribution in [-0.2, 0) is 0 Å². The molecule has 2 rings (SSSR count). The van der Waals surface area contributed by atoms with Crippen molar-refractivity contribution in [2.75, 3.05) is 25.0 Å². The van der Waals surface area contributed by atoms with Gasteiger partial charge in [0.2, 0.25) is 0 Å². The first kappa shape index (κ1) is 14.6. The molecule has 1 heterocycles. The van der Waals surface area contributed by atoms with Gasteiger partial charge in [0.25, 0.3) is 5.69 Å². The molecule has 1 fully saturated rings. The van der Waals surface area contributed by atoms with Crippen molar-refractivity contribution < 1.29 is 13.7 Å².